The minimum atomic E-state index is 1.11. The summed E-state index contributed by atoms with van der Waals surface area (Å²) in [7, 11) is 0. The van der Waals surface area contributed by atoms with Crippen LogP contribution < -0.4 is 4.90 Å². The summed E-state index contributed by atoms with van der Waals surface area (Å²) in [6.45, 7) is 0. The molecule has 10 aromatic rings. The summed E-state index contributed by atoms with van der Waals surface area (Å²) in [6, 6.07) is 77.0. The molecule has 0 aliphatic rings. The van der Waals surface area contributed by atoms with Crippen molar-refractivity contribution in [2.24, 2.45) is 0 Å². The van der Waals surface area contributed by atoms with Crippen molar-refractivity contribution in [3.63, 3.8) is 0 Å². The number of fused-ring (bicyclic) bond motifs is 4. The zero-order valence-corrected chi connectivity index (χ0v) is 30.4. The van der Waals surface area contributed by atoms with Crippen LogP contribution in [0.3, 0.4) is 0 Å². The van der Waals surface area contributed by atoms with E-state index in [1.165, 1.54) is 75.5 Å². The topological polar surface area (TPSA) is 3.24 Å². The number of hydrogen-bond acceptors (Lipinski definition) is 2. The number of anilines is 3. The normalized spacial score (nSPS) is 11.3. The van der Waals surface area contributed by atoms with Crippen LogP contribution in [0.2, 0.25) is 0 Å². The third kappa shape index (κ3) is 5.84. The largest absolute Gasteiger partial charge is 0.311 e. The molecule has 0 spiro atoms. The first-order valence-electron chi connectivity index (χ1n) is 18.4. The third-order valence-corrected chi connectivity index (χ3v) is 11.7. The van der Waals surface area contributed by atoms with Crippen LogP contribution in [0, 0.1) is 0 Å². The van der Waals surface area contributed by atoms with E-state index in [2.05, 4.69) is 217 Å². The van der Waals surface area contributed by atoms with E-state index < -0.39 is 0 Å². The van der Waals surface area contributed by atoms with E-state index in [1.807, 2.05) is 11.3 Å². The second-order valence-corrected chi connectivity index (χ2v) is 14.8. The summed E-state index contributed by atoms with van der Waals surface area (Å²) in [5.41, 5.74) is 13.1. The summed E-state index contributed by atoms with van der Waals surface area (Å²) >= 11 is 1.89. The summed E-state index contributed by atoms with van der Waals surface area (Å²) in [5.74, 6) is 0. The van der Waals surface area contributed by atoms with E-state index in [0.29, 0.717) is 0 Å². The SMILES string of the molecule is c1ccc(-c2ccc(N(c3ccc(-c4ccccc4)cc3)c3ccc(-c4ccc5c(sc6ccccc65)c4-c4ccc5ccccc5c4)cc3)cc2)cc1. The molecule has 1 nitrogen and oxygen atoms in total. The molecule has 54 heavy (non-hydrogen) atoms. The van der Waals surface area contributed by atoms with E-state index in [0.717, 1.165) is 17.1 Å². The minimum absolute atomic E-state index is 1.11. The van der Waals surface area contributed by atoms with Crippen LogP contribution in [0.1, 0.15) is 0 Å². The van der Waals surface area contributed by atoms with Gasteiger partial charge in [0.2, 0.25) is 0 Å². The molecule has 0 saturated heterocycles. The molecule has 0 aliphatic heterocycles. The van der Waals surface area contributed by atoms with Crippen LogP contribution in [0.25, 0.3) is 75.5 Å². The minimum Gasteiger partial charge on any atom is -0.311 e. The highest BCUT2D eigenvalue weighted by atomic mass is 32.1. The fourth-order valence-electron chi connectivity index (χ4n) is 7.77. The van der Waals surface area contributed by atoms with Crippen LogP contribution in [0.15, 0.2) is 212 Å². The molecule has 2 heteroatoms. The summed E-state index contributed by atoms with van der Waals surface area (Å²) in [4.78, 5) is 2.35. The van der Waals surface area contributed by atoms with Crippen molar-refractivity contribution >= 4 is 59.3 Å². The van der Waals surface area contributed by atoms with E-state index in [1.54, 1.807) is 0 Å². The highest BCUT2D eigenvalue weighted by Crippen LogP contribution is 2.46. The van der Waals surface area contributed by atoms with Gasteiger partial charge in [-0.15, -0.1) is 11.3 Å². The van der Waals surface area contributed by atoms with Gasteiger partial charge in [-0.3, -0.25) is 0 Å². The Morgan fingerprint density at radius 3 is 1.41 bits per heavy atom. The maximum absolute atomic E-state index is 2.35. The van der Waals surface area contributed by atoms with Gasteiger partial charge in [0, 0.05) is 42.8 Å². The fourth-order valence-corrected chi connectivity index (χ4v) is 9.04. The van der Waals surface area contributed by atoms with Gasteiger partial charge in [0.1, 0.15) is 0 Å². The molecule has 0 aliphatic carbocycles. The molecule has 1 heterocycles. The van der Waals surface area contributed by atoms with Gasteiger partial charge in [-0.1, -0.05) is 164 Å². The van der Waals surface area contributed by atoms with Crippen LogP contribution in [0.5, 0.6) is 0 Å². The Labute approximate surface area is 319 Å². The van der Waals surface area contributed by atoms with Crippen molar-refractivity contribution < 1.29 is 0 Å². The van der Waals surface area contributed by atoms with Gasteiger partial charge < -0.3 is 4.90 Å². The molecular formula is C52H35NS. The molecule has 0 radical (unpaired) electrons. The summed E-state index contributed by atoms with van der Waals surface area (Å²) < 4.78 is 2.64. The molecule has 0 saturated carbocycles. The van der Waals surface area contributed by atoms with Crippen molar-refractivity contribution in [3.05, 3.63) is 212 Å². The van der Waals surface area contributed by atoms with Crippen LogP contribution in [0.4, 0.5) is 17.1 Å². The third-order valence-electron chi connectivity index (χ3n) is 10.5. The monoisotopic (exact) mass is 705 g/mol. The Hall–Kier alpha value is -6.74. The predicted molar refractivity (Wildman–Crippen MR) is 233 cm³/mol. The second-order valence-electron chi connectivity index (χ2n) is 13.7. The summed E-state index contributed by atoms with van der Waals surface area (Å²) in [6.07, 6.45) is 0. The van der Waals surface area contributed by atoms with Crippen LogP contribution in [-0.2, 0) is 0 Å². The highest BCUT2D eigenvalue weighted by Gasteiger charge is 2.18. The first-order valence-corrected chi connectivity index (χ1v) is 19.2. The van der Waals surface area contributed by atoms with Crippen molar-refractivity contribution in [1.82, 2.24) is 0 Å². The number of benzene rings is 9. The number of hydrogen-bond donors (Lipinski definition) is 0. The molecule has 254 valence electrons. The molecule has 9 aromatic carbocycles. The quantitative estimate of drug-likeness (QED) is 0.160. The highest BCUT2D eigenvalue weighted by molar-refractivity contribution is 7.26. The molecule has 0 unspecified atom stereocenters. The average molecular weight is 706 g/mol. The first kappa shape index (κ1) is 32.0. The Bertz CT molecular complexity index is 2810. The number of nitrogens with zero attached hydrogens (tertiary/aromatic N) is 1. The Morgan fingerprint density at radius 1 is 0.315 bits per heavy atom. The lowest BCUT2D eigenvalue weighted by molar-refractivity contribution is 1.28. The molecule has 0 bridgehead atoms. The Morgan fingerprint density at radius 2 is 0.796 bits per heavy atom. The van der Waals surface area contributed by atoms with E-state index in [4.69, 9.17) is 0 Å². The zero-order valence-electron chi connectivity index (χ0n) is 29.6. The van der Waals surface area contributed by atoms with Gasteiger partial charge in [0.15, 0.2) is 0 Å². The molecule has 0 fully saturated rings. The van der Waals surface area contributed by atoms with E-state index in [9.17, 15) is 0 Å². The zero-order chi connectivity index (χ0) is 35.8. The molecule has 0 N–H and O–H groups in total. The molecular weight excluding hydrogens is 671 g/mol. The smallest absolute Gasteiger partial charge is 0.0462 e. The van der Waals surface area contributed by atoms with Crippen molar-refractivity contribution in [1.29, 1.82) is 0 Å². The molecule has 1 aromatic heterocycles. The van der Waals surface area contributed by atoms with Gasteiger partial charge in [-0.05, 0) is 98.2 Å². The van der Waals surface area contributed by atoms with Crippen LogP contribution in [-0.4, -0.2) is 0 Å². The standard InChI is InChI=1S/C52H35NS/c1-3-11-36(12-4-1)39-21-27-44(28-22-39)53(45-29-23-40(24-30-45)37-13-5-2-6-14-37)46-31-25-41(26-32-46)47-33-34-49-48-17-9-10-18-50(48)54-52(49)51(47)43-20-19-38-15-7-8-16-42(38)35-43/h1-35H. The predicted octanol–water partition coefficient (Wildman–Crippen LogP) is 15.3. The number of rotatable bonds is 7. The van der Waals surface area contributed by atoms with E-state index in [-0.39, 0.29) is 0 Å². The van der Waals surface area contributed by atoms with Crippen LogP contribution >= 0.6 is 11.3 Å². The molecule has 0 atom stereocenters. The Kier molecular flexibility index (Phi) is 8.09. The van der Waals surface area contributed by atoms with Crippen molar-refractivity contribution in [3.8, 4) is 44.5 Å². The lowest BCUT2D eigenvalue weighted by Crippen LogP contribution is -2.09. The van der Waals surface area contributed by atoms with Gasteiger partial charge in [0.25, 0.3) is 0 Å². The van der Waals surface area contributed by atoms with Gasteiger partial charge in [-0.2, -0.15) is 0 Å². The summed E-state index contributed by atoms with van der Waals surface area (Å²) in [5, 5.41) is 5.13. The Balaban J connectivity index is 1.09. The maximum atomic E-state index is 2.35. The number of thiophene rings is 1. The van der Waals surface area contributed by atoms with Gasteiger partial charge >= 0.3 is 0 Å². The average Bonchev–Trinajstić information content (AvgIpc) is 3.63. The van der Waals surface area contributed by atoms with Crippen molar-refractivity contribution in [2.45, 2.75) is 0 Å². The van der Waals surface area contributed by atoms with E-state index >= 15 is 0 Å². The van der Waals surface area contributed by atoms with Gasteiger partial charge in [-0.25, -0.2) is 0 Å². The fraction of sp³-hybridized carbons (Fsp3) is 0. The lowest BCUT2D eigenvalue weighted by Gasteiger charge is -2.26. The van der Waals surface area contributed by atoms with Crippen molar-refractivity contribution in [2.75, 3.05) is 4.90 Å². The maximum Gasteiger partial charge on any atom is 0.0462 e. The molecule has 10 rings (SSSR count). The second kappa shape index (κ2) is 13.7. The van der Waals surface area contributed by atoms with Gasteiger partial charge in [0.05, 0.1) is 0 Å². The molecule has 0 amide bonds. The first-order chi connectivity index (χ1) is 26.8. The lowest BCUT2D eigenvalue weighted by atomic mass is 9.91.